The highest BCUT2D eigenvalue weighted by Gasteiger charge is 2.45. The van der Waals surface area contributed by atoms with Crippen molar-refractivity contribution in [3.63, 3.8) is 0 Å². The zero-order valence-electron chi connectivity index (χ0n) is 17.8. The molecule has 1 heterocycles. The number of pyridine rings is 1. The van der Waals surface area contributed by atoms with Crippen LogP contribution in [0.1, 0.15) is 19.3 Å². The third-order valence-corrected chi connectivity index (χ3v) is 6.35. The maximum atomic E-state index is 13.4. The number of aliphatic carboxylic acids is 1. The van der Waals surface area contributed by atoms with Crippen molar-refractivity contribution in [2.24, 2.45) is 5.41 Å². The molecular weight excluding hydrogens is 484 g/mol. The predicted molar refractivity (Wildman–Crippen MR) is 128 cm³/mol. The van der Waals surface area contributed by atoms with Crippen molar-refractivity contribution < 1.29 is 23.8 Å². The van der Waals surface area contributed by atoms with Gasteiger partial charge in [0.2, 0.25) is 5.88 Å². The molecule has 10 heteroatoms. The lowest BCUT2D eigenvalue weighted by Crippen LogP contribution is -2.43. The predicted octanol–water partition coefficient (Wildman–Crippen LogP) is 6.47. The first-order chi connectivity index (χ1) is 16.3. The molecule has 0 radical (unpaired) electrons. The van der Waals surface area contributed by atoms with E-state index in [1.807, 2.05) is 0 Å². The first-order valence-electron chi connectivity index (χ1n) is 10.4. The van der Waals surface area contributed by atoms with Gasteiger partial charge in [0, 0.05) is 29.1 Å². The number of nitrogens with one attached hydrogen (secondary N) is 2. The summed E-state index contributed by atoms with van der Waals surface area (Å²) in [5.41, 5.74) is 1.14. The second-order valence-electron chi connectivity index (χ2n) is 8.01. The van der Waals surface area contributed by atoms with Gasteiger partial charge in [-0.25, -0.2) is 14.2 Å². The number of aromatic nitrogens is 1. The fourth-order valence-corrected chi connectivity index (χ4v) is 4.02. The summed E-state index contributed by atoms with van der Waals surface area (Å²) in [7, 11) is 0. The minimum atomic E-state index is -0.844. The van der Waals surface area contributed by atoms with E-state index in [1.54, 1.807) is 36.5 Å². The molecule has 0 saturated heterocycles. The van der Waals surface area contributed by atoms with Gasteiger partial charge in [-0.2, -0.15) is 0 Å². The molecular formula is C24H20Cl2FN3O4. The highest BCUT2D eigenvalue weighted by molar-refractivity contribution is 6.34. The number of halogens is 3. The van der Waals surface area contributed by atoms with Gasteiger partial charge in [-0.3, -0.25) is 4.79 Å². The van der Waals surface area contributed by atoms with Crippen molar-refractivity contribution >= 4 is 46.6 Å². The summed E-state index contributed by atoms with van der Waals surface area (Å²) in [6.07, 6.45) is 3.66. The topological polar surface area (TPSA) is 101 Å². The van der Waals surface area contributed by atoms with Crippen LogP contribution in [0, 0.1) is 11.2 Å². The molecule has 1 aromatic heterocycles. The third-order valence-electron chi connectivity index (χ3n) is 5.71. The third kappa shape index (κ3) is 5.24. The lowest BCUT2D eigenvalue weighted by Gasteiger charge is -2.36. The average molecular weight is 504 g/mol. The average Bonchev–Trinajstić information content (AvgIpc) is 2.76. The van der Waals surface area contributed by atoms with E-state index < -0.39 is 23.2 Å². The molecule has 0 spiro atoms. The van der Waals surface area contributed by atoms with Crippen LogP contribution in [-0.2, 0) is 4.79 Å². The minimum absolute atomic E-state index is 0.0820. The number of anilines is 2. The Morgan fingerprint density at radius 3 is 2.47 bits per heavy atom. The van der Waals surface area contributed by atoms with Crippen molar-refractivity contribution in [2.45, 2.75) is 19.3 Å². The second kappa shape index (κ2) is 9.87. The molecule has 0 bridgehead atoms. The zero-order valence-corrected chi connectivity index (χ0v) is 19.3. The summed E-state index contributed by atoms with van der Waals surface area (Å²) in [5.74, 6) is -1.04. The molecule has 34 heavy (non-hydrogen) atoms. The molecule has 2 amide bonds. The maximum Gasteiger partial charge on any atom is 0.323 e. The molecule has 4 rings (SSSR count). The van der Waals surface area contributed by atoms with Crippen LogP contribution in [0.5, 0.6) is 5.88 Å². The summed E-state index contributed by atoms with van der Waals surface area (Å²) in [6.45, 7) is 0.0820. The van der Waals surface area contributed by atoms with Crippen LogP contribution in [0.4, 0.5) is 20.6 Å². The van der Waals surface area contributed by atoms with E-state index in [-0.39, 0.29) is 17.3 Å². The van der Waals surface area contributed by atoms with E-state index in [0.29, 0.717) is 35.0 Å². The standard InChI is InChI=1S/C24H20Cl2FN3O4/c25-18-6-3-15(27)10-20(18)30-23(33)29-16-4-5-17(19(26)11-16)14-2-7-21(28-12-14)34-13-24(22(31)32)8-1-9-24/h2-7,10-12H,1,8-9,13H2,(H,31,32)(H2,29,30,33). The Morgan fingerprint density at radius 2 is 1.85 bits per heavy atom. The van der Waals surface area contributed by atoms with Gasteiger partial charge in [0.25, 0.3) is 0 Å². The highest BCUT2D eigenvalue weighted by Crippen LogP contribution is 2.41. The van der Waals surface area contributed by atoms with E-state index >= 15 is 0 Å². The number of carboxylic acid groups (broad SMARTS) is 1. The van der Waals surface area contributed by atoms with Gasteiger partial charge in [0.05, 0.1) is 15.7 Å². The summed E-state index contributed by atoms with van der Waals surface area (Å²) in [6, 6.07) is 11.4. The number of amides is 2. The first kappa shape index (κ1) is 23.8. The Bertz CT molecular complexity index is 1230. The number of carbonyl (C=O) groups is 2. The zero-order chi connectivity index (χ0) is 24.3. The van der Waals surface area contributed by atoms with E-state index in [1.165, 1.54) is 12.1 Å². The molecule has 3 aromatic rings. The van der Waals surface area contributed by atoms with Gasteiger partial charge >= 0.3 is 12.0 Å². The number of rotatable bonds is 7. The van der Waals surface area contributed by atoms with Crippen molar-refractivity contribution in [1.82, 2.24) is 4.98 Å². The Kier molecular flexibility index (Phi) is 6.90. The molecule has 7 nitrogen and oxygen atoms in total. The van der Waals surface area contributed by atoms with Gasteiger partial charge < -0.3 is 20.5 Å². The van der Waals surface area contributed by atoms with Gasteiger partial charge in [-0.1, -0.05) is 35.7 Å². The summed E-state index contributed by atoms with van der Waals surface area (Å²) in [4.78, 5) is 27.9. The number of carboxylic acids is 1. The van der Waals surface area contributed by atoms with E-state index in [4.69, 9.17) is 27.9 Å². The highest BCUT2D eigenvalue weighted by atomic mass is 35.5. The monoisotopic (exact) mass is 503 g/mol. The molecule has 0 unspecified atom stereocenters. The Labute approximate surface area is 204 Å². The second-order valence-corrected chi connectivity index (χ2v) is 8.83. The fraction of sp³-hybridized carbons (Fsp3) is 0.208. The number of hydrogen-bond acceptors (Lipinski definition) is 4. The van der Waals surface area contributed by atoms with Crippen molar-refractivity contribution in [2.75, 3.05) is 17.2 Å². The number of benzene rings is 2. The van der Waals surface area contributed by atoms with Crippen LogP contribution in [0.3, 0.4) is 0 Å². The fourth-order valence-electron chi connectivity index (χ4n) is 3.57. The molecule has 0 aliphatic heterocycles. The van der Waals surface area contributed by atoms with Crippen molar-refractivity contribution in [3.8, 4) is 17.0 Å². The summed E-state index contributed by atoms with van der Waals surface area (Å²) < 4.78 is 19.0. The molecule has 1 fully saturated rings. The number of carbonyl (C=O) groups excluding carboxylic acids is 1. The van der Waals surface area contributed by atoms with E-state index in [2.05, 4.69) is 15.6 Å². The summed E-state index contributed by atoms with van der Waals surface area (Å²) >= 11 is 12.4. The Hall–Kier alpha value is -3.36. The molecule has 2 aromatic carbocycles. The molecule has 176 valence electrons. The summed E-state index contributed by atoms with van der Waals surface area (Å²) in [5, 5.41) is 15.1. The van der Waals surface area contributed by atoms with Gasteiger partial charge in [-0.05, 0) is 49.2 Å². The largest absolute Gasteiger partial charge is 0.481 e. The van der Waals surface area contributed by atoms with Crippen LogP contribution in [0.2, 0.25) is 10.0 Å². The first-order valence-corrected chi connectivity index (χ1v) is 11.2. The maximum absolute atomic E-state index is 13.4. The molecule has 1 saturated carbocycles. The van der Waals surface area contributed by atoms with Crippen LogP contribution in [0.25, 0.3) is 11.1 Å². The number of ether oxygens (including phenoxy) is 1. The van der Waals surface area contributed by atoms with E-state index in [9.17, 15) is 19.1 Å². The quantitative estimate of drug-likeness (QED) is 0.342. The van der Waals surface area contributed by atoms with Gasteiger partial charge in [-0.15, -0.1) is 0 Å². The molecule has 1 aliphatic rings. The van der Waals surface area contributed by atoms with Crippen LogP contribution in [-0.4, -0.2) is 28.7 Å². The van der Waals surface area contributed by atoms with E-state index in [0.717, 1.165) is 18.1 Å². The molecule has 0 atom stereocenters. The lowest BCUT2D eigenvalue weighted by atomic mass is 9.69. The van der Waals surface area contributed by atoms with Crippen LogP contribution >= 0.6 is 23.2 Å². The molecule has 3 N–H and O–H groups in total. The molecule has 1 aliphatic carbocycles. The number of urea groups is 1. The lowest BCUT2D eigenvalue weighted by molar-refractivity contribution is -0.157. The Balaban J connectivity index is 1.39. The van der Waals surface area contributed by atoms with Crippen molar-refractivity contribution in [1.29, 1.82) is 0 Å². The van der Waals surface area contributed by atoms with Gasteiger partial charge in [0.1, 0.15) is 17.8 Å². The van der Waals surface area contributed by atoms with Crippen LogP contribution < -0.4 is 15.4 Å². The smallest absolute Gasteiger partial charge is 0.323 e. The number of nitrogens with zero attached hydrogens (tertiary/aromatic N) is 1. The van der Waals surface area contributed by atoms with Gasteiger partial charge in [0.15, 0.2) is 0 Å². The minimum Gasteiger partial charge on any atom is -0.481 e. The number of hydrogen-bond donors (Lipinski definition) is 3. The SMILES string of the molecule is O=C(Nc1ccc(-c2ccc(OCC3(C(=O)O)CCC3)nc2)c(Cl)c1)Nc1cc(F)ccc1Cl. The van der Waals surface area contributed by atoms with Crippen molar-refractivity contribution in [3.05, 3.63) is 70.6 Å². The Morgan fingerprint density at radius 1 is 1.06 bits per heavy atom. The normalized spacial score (nSPS) is 14.1. The van der Waals surface area contributed by atoms with Crippen LogP contribution in [0.15, 0.2) is 54.7 Å².